The third-order valence-electron chi connectivity index (χ3n) is 3.01. The van der Waals surface area contributed by atoms with Crippen LogP contribution in [0.4, 0.5) is 0 Å². The van der Waals surface area contributed by atoms with Crippen molar-refractivity contribution in [1.29, 1.82) is 0 Å². The maximum atomic E-state index is 3.61. The van der Waals surface area contributed by atoms with Crippen LogP contribution in [0.25, 0.3) is 0 Å². The Balaban J connectivity index is 1.92. The zero-order chi connectivity index (χ0) is 10.3. The Kier molecular flexibility index (Phi) is 5.95. The highest BCUT2D eigenvalue weighted by Gasteiger charge is 2.28. The number of unbranched alkanes of at least 4 members (excludes halogenated alkanes) is 3. The monoisotopic (exact) mass is 215 g/mol. The fraction of sp³-hybridized carbons (Fsp3) is 1.00. The maximum absolute atomic E-state index is 3.61. The largest absolute Gasteiger partial charge is 0.315 e. The summed E-state index contributed by atoms with van der Waals surface area (Å²) in [6.45, 7) is 7.10. The summed E-state index contributed by atoms with van der Waals surface area (Å²) in [5, 5.41) is 3.61. The summed E-state index contributed by atoms with van der Waals surface area (Å²) in [6, 6.07) is 0. The van der Waals surface area contributed by atoms with Gasteiger partial charge in [0.05, 0.1) is 0 Å². The molecule has 14 heavy (non-hydrogen) atoms. The van der Waals surface area contributed by atoms with E-state index in [4.69, 9.17) is 0 Å². The van der Waals surface area contributed by atoms with Crippen molar-refractivity contribution in [2.24, 2.45) is 0 Å². The Labute approximate surface area is 93.4 Å². The molecule has 1 unspecified atom stereocenters. The summed E-state index contributed by atoms with van der Waals surface area (Å²) in [5.74, 6) is 1.37. The van der Waals surface area contributed by atoms with E-state index in [9.17, 15) is 0 Å². The van der Waals surface area contributed by atoms with Crippen LogP contribution in [0.2, 0.25) is 0 Å². The Morgan fingerprint density at radius 1 is 1.29 bits per heavy atom. The van der Waals surface area contributed by atoms with Crippen molar-refractivity contribution in [2.75, 3.05) is 18.8 Å². The molecule has 0 saturated carbocycles. The van der Waals surface area contributed by atoms with Gasteiger partial charge in [-0.05, 0) is 38.5 Å². The van der Waals surface area contributed by atoms with Crippen LogP contribution in [0.3, 0.4) is 0 Å². The molecule has 0 aromatic heterocycles. The molecule has 1 fully saturated rings. The molecule has 84 valence electrons. The molecule has 1 heterocycles. The van der Waals surface area contributed by atoms with Gasteiger partial charge in [-0.15, -0.1) is 0 Å². The molecule has 0 amide bonds. The minimum atomic E-state index is 0.546. The third-order valence-corrected chi connectivity index (χ3v) is 4.54. The minimum absolute atomic E-state index is 0.546. The first-order valence-electron chi connectivity index (χ1n) is 6.11. The number of nitrogens with one attached hydrogen (secondary N) is 1. The maximum Gasteiger partial charge on any atom is 0.0256 e. The molecule has 1 atom stereocenters. The van der Waals surface area contributed by atoms with Gasteiger partial charge in [0.15, 0.2) is 0 Å². The highest BCUT2D eigenvalue weighted by atomic mass is 32.2. The lowest BCUT2D eigenvalue weighted by atomic mass is 10.1. The van der Waals surface area contributed by atoms with E-state index < -0.39 is 0 Å². The first-order chi connectivity index (χ1) is 6.77. The van der Waals surface area contributed by atoms with E-state index in [1.54, 1.807) is 0 Å². The molecule has 1 N–H and O–H groups in total. The van der Waals surface area contributed by atoms with Gasteiger partial charge in [-0.25, -0.2) is 0 Å². The Morgan fingerprint density at radius 2 is 2.14 bits per heavy atom. The molecule has 2 heteroatoms. The molecule has 0 bridgehead atoms. The smallest absolute Gasteiger partial charge is 0.0256 e. The summed E-state index contributed by atoms with van der Waals surface area (Å²) in [7, 11) is 0. The quantitative estimate of drug-likeness (QED) is 0.653. The van der Waals surface area contributed by atoms with Crippen LogP contribution in [0.1, 0.15) is 52.4 Å². The van der Waals surface area contributed by atoms with Gasteiger partial charge in [-0.1, -0.05) is 26.2 Å². The third kappa shape index (κ3) is 4.70. The summed E-state index contributed by atoms with van der Waals surface area (Å²) in [5.41, 5.74) is 0. The first kappa shape index (κ1) is 12.4. The lowest BCUT2D eigenvalue weighted by Crippen LogP contribution is -2.33. The van der Waals surface area contributed by atoms with E-state index in [2.05, 4.69) is 30.9 Å². The van der Waals surface area contributed by atoms with Crippen molar-refractivity contribution >= 4 is 11.8 Å². The molecule has 1 aliphatic heterocycles. The molecule has 1 aliphatic rings. The van der Waals surface area contributed by atoms with Crippen LogP contribution in [0, 0.1) is 0 Å². The van der Waals surface area contributed by atoms with E-state index in [-0.39, 0.29) is 0 Å². The van der Waals surface area contributed by atoms with Crippen LogP contribution in [0.5, 0.6) is 0 Å². The van der Waals surface area contributed by atoms with Crippen LogP contribution in [-0.4, -0.2) is 23.6 Å². The average molecular weight is 215 g/mol. The minimum Gasteiger partial charge on any atom is -0.315 e. The topological polar surface area (TPSA) is 12.0 Å². The van der Waals surface area contributed by atoms with E-state index in [1.807, 2.05) is 0 Å². The molecule has 0 aromatic carbocycles. The van der Waals surface area contributed by atoms with Crippen molar-refractivity contribution in [3.05, 3.63) is 0 Å². The van der Waals surface area contributed by atoms with Gasteiger partial charge in [0.25, 0.3) is 0 Å². The summed E-state index contributed by atoms with van der Waals surface area (Å²) in [6.07, 6.45) is 8.31. The standard InChI is InChI=1S/C12H25NS/c1-3-4-5-6-9-13-11-12(2)8-7-10-14-12/h13H,3-11H2,1-2H3. The number of thioether (sulfide) groups is 1. The molecule has 0 aromatic rings. The molecule has 0 radical (unpaired) electrons. The van der Waals surface area contributed by atoms with Crippen molar-refractivity contribution in [3.8, 4) is 0 Å². The number of rotatable bonds is 7. The van der Waals surface area contributed by atoms with Gasteiger partial charge in [0.1, 0.15) is 0 Å². The predicted molar refractivity (Wildman–Crippen MR) is 67.1 cm³/mol. The van der Waals surface area contributed by atoms with Crippen molar-refractivity contribution in [3.63, 3.8) is 0 Å². The summed E-state index contributed by atoms with van der Waals surface area (Å²) in [4.78, 5) is 0. The molecular formula is C12H25NS. The lowest BCUT2D eigenvalue weighted by molar-refractivity contribution is 0.519. The van der Waals surface area contributed by atoms with Gasteiger partial charge in [-0.2, -0.15) is 11.8 Å². The first-order valence-corrected chi connectivity index (χ1v) is 7.10. The Bertz CT molecular complexity index is 141. The average Bonchev–Trinajstić information content (AvgIpc) is 2.59. The van der Waals surface area contributed by atoms with Crippen LogP contribution < -0.4 is 5.32 Å². The van der Waals surface area contributed by atoms with Crippen molar-refractivity contribution < 1.29 is 0 Å². The number of hydrogen-bond acceptors (Lipinski definition) is 2. The van der Waals surface area contributed by atoms with Crippen LogP contribution >= 0.6 is 11.8 Å². The van der Waals surface area contributed by atoms with E-state index in [0.29, 0.717) is 4.75 Å². The molecule has 0 spiro atoms. The van der Waals surface area contributed by atoms with Crippen molar-refractivity contribution in [2.45, 2.75) is 57.1 Å². The Morgan fingerprint density at radius 3 is 2.79 bits per heavy atom. The molecular weight excluding hydrogens is 190 g/mol. The second-order valence-corrected chi connectivity index (χ2v) is 6.32. The van der Waals surface area contributed by atoms with Gasteiger partial charge < -0.3 is 5.32 Å². The molecule has 1 saturated heterocycles. The SMILES string of the molecule is CCCCCCNCC1(C)CCCS1. The zero-order valence-electron chi connectivity index (χ0n) is 9.77. The van der Waals surface area contributed by atoms with E-state index in [1.165, 1.54) is 57.4 Å². The van der Waals surface area contributed by atoms with Crippen LogP contribution in [-0.2, 0) is 0 Å². The van der Waals surface area contributed by atoms with Gasteiger partial charge >= 0.3 is 0 Å². The van der Waals surface area contributed by atoms with Gasteiger partial charge in [-0.3, -0.25) is 0 Å². The van der Waals surface area contributed by atoms with Gasteiger partial charge in [0.2, 0.25) is 0 Å². The van der Waals surface area contributed by atoms with Crippen molar-refractivity contribution in [1.82, 2.24) is 5.32 Å². The highest BCUT2D eigenvalue weighted by molar-refractivity contribution is 8.00. The second-order valence-electron chi connectivity index (χ2n) is 4.64. The lowest BCUT2D eigenvalue weighted by Gasteiger charge is -2.22. The Hall–Kier alpha value is 0.310. The summed E-state index contributed by atoms with van der Waals surface area (Å²) < 4.78 is 0.546. The predicted octanol–water partition coefficient (Wildman–Crippen LogP) is 3.44. The summed E-state index contributed by atoms with van der Waals surface area (Å²) >= 11 is 2.15. The normalized spacial score (nSPS) is 27.0. The van der Waals surface area contributed by atoms with Gasteiger partial charge in [0, 0.05) is 11.3 Å². The molecule has 1 rings (SSSR count). The second kappa shape index (κ2) is 6.73. The van der Waals surface area contributed by atoms with E-state index in [0.717, 1.165) is 0 Å². The molecule has 0 aliphatic carbocycles. The fourth-order valence-electron chi connectivity index (χ4n) is 2.01. The van der Waals surface area contributed by atoms with E-state index >= 15 is 0 Å². The zero-order valence-corrected chi connectivity index (χ0v) is 10.6. The highest BCUT2D eigenvalue weighted by Crippen LogP contribution is 2.36. The van der Waals surface area contributed by atoms with Crippen LogP contribution in [0.15, 0.2) is 0 Å². The fourth-order valence-corrected chi connectivity index (χ4v) is 3.28. The molecule has 1 nitrogen and oxygen atoms in total. The number of hydrogen-bond donors (Lipinski definition) is 1.